The number of benzene rings is 2. The summed E-state index contributed by atoms with van der Waals surface area (Å²) in [7, 11) is 3.16. The van der Waals surface area contributed by atoms with Crippen molar-refractivity contribution in [2.24, 2.45) is 0 Å². The molecule has 138 valence electrons. The predicted molar refractivity (Wildman–Crippen MR) is 108 cm³/mol. The monoisotopic (exact) mass is 399 g/mol. The fourth-order valence-electron chi connectivity index (χ4n) is 3.13. The van der Waals surface area contributed by atoms with Gasteiger partial charge in [-0.3, -0.25) is 9.36 Å². The molecule has 2 aromatic carbocycles. The Bertz CT molecular complexity index is 1060. The van der Waals surface area contributed by atoms with Crippen LogP contribution < -0.4 is 20.1 Å². The van der Waals surface area contributed by atoms with E-state index in [2.05, 4.69) is 10.6 Å². The molecule has 1 aliphatic rings. The number of carbonyl (C=O) groups excluding carboxylic acids is 1. The Morgan fingerprint density at radius 2 is 1.81 bits per heavy atom. The van der Waals surface area contributed by atoms with Gasteiger partial charge in [-0.25, -0.2) is 0 Å². The summed E-state index contributed by atoms with van der Waals surface area (Å²) < 4.78 is 13.4. The Hall–Kier alpha value is -2.84. The van der Waals surface area contributed by atoms with Crippen molar-refractivity contribution in [3.8, 4) is 17.2 Å². The van der Waals surface area contributed by atoms with Crippen molar-refractivity contribution in [1.82, 2.24) is 9.88 Å². The second kappa shape index (κ2) is 7.05. The average Bonchev–Trinajstić information content (AvgIpc) is 3.04. The molecule has 1 aliphatic heterocycles. The number of amides is 1. The number of hydrogen-bond donors (Lipinski definition) is 2. The Balaban J connectivity index is 1.83. The van der Waals surface area contributed by atoms with Crippen LogP contribution in [0, 0.1) is 3.95 Å². The number of ether oxygens (including phenoxy) is 2. The van der Waals surface area contributed by atoms with Crippen molar-refractivity contribution in [3.63, 3.8) is 0 Å². The highest BCUT2D eigenvalue weighted by Crippen LogP contribution is 2.39. The summed E-state index contributed by atoms with van der Waals surface area (Å²) >= 11 is 6.80. The Labute approximate surface area is 165 Å². The zero-order valence-corrected chi connectivity index (χ0v) is 16.3. The van der Waals surface area contributed by atoms with Gasteiger partial charge in [0.15, 0.2) is 15.5 Å². The molecular weight excluding hydrogens is 382 g/mol. The summed E-state index contributed by atoms with van der Waals surface area (Å²) in [6, 6.07) is 15.3. The summed E-state index contributed by atoms with van der Waals surface area (Å²) in [5, 5.41) is 6.37. The van der Waals surface area contributed by atoms with Crippen LogP contribution in [-0.2, 0) is 0 Å². The van der Waals surface area contributed by atoms with Gasteiger partial charge < -0.3 is 20.1 Å². The lowest BCUT2D eigenvalue weighted by Gasteiger charge is -2.28. The molecule has 0 unspecified atom stereocenters. The topological polar surface area (TPSA) is 64.5 Å². The number of methoxy groups -OCH3 is 2. The van der Waals surface area contributed by atoms with Crippen LogP contribution in [0.15, 0.2) is 48.5 Å². The van der Waals surface area contributed by atoms with Gasteiger partial charge in [0.05, 0.1) is 14.2 Å². The van der Waals surface area contributed by atoms with Crippen molar-refractivity contribution >= 4 is 35.3 Å². The van der Waals surface area contributed by atoms with E-state index in [1.807, 2.05) is 53.1 Å². The highest BCUT2D eigenvalue weighted by Gasteiger charge is 2.31. The second-order valence-corrected chi connectivity index (χ2v) is 7.49. The summed E-state index contributed by atoms with van der Waals surface area (Å²) in [5.41, 5.74) is 1.67. The number of rotatable bonds is 4. The number of carbonyl (C=O) groups is 1. The molecular formula is C19H17N3O3S2. The molecule has 4 rings (SSSR count). The first-order chi connectivity index (χ1) is 13.1. The first kappa shape index (κ1) is 17.6. The maximum absolute atomic E-state index is 12.7. The number of fused-ring (bicyclic) bond motifs is 1. The molecule has 0 fully saturated rings. The van der Waals surface area contributed by atoms with Crippen LogP contribution in [0.1, 0.15) is 21.4 Å². The molecule has 0 radical (unpaired) electrons. The molecule has 3 aromatic rings. The molecule has 8 heteroatoms. The van der Waals surface area contributed by atoms with E-state index < -0.39 is 6.17 Å². The lowest BCUT2D eigenvalue weighted by molar-refractivity contribution is 0.0939. The van der Waals surface area contributed by atoms with E-state index in [1.54, 1.807) is 14.2 Å². The maximum Gasteiger partial charge on any atom is 0.267 e. The van der Waals surface area contributed by atoms with E-state index in [0.29, 0.717) is 26.1 Å². The average molecular weight is 399 g/mol. The molecule has 2 N–H and O–H groups in total. The molecule has 6 nitrogen and oxygen atoms in total. The van der Waals surface area contributed by atoms with E-state index >= 15 is 0 Å². The van der Waals surface area contributed by atoms with E-state index in [9.17, 15) is 4.79 Å². The molecule has 0 saturated heterocycles. The van der Waals surface area contributed by atoms with Crippen LogP contribution in [0.2, 0.25) is 0 Å². The minimum Gasteiger partial charge on any atom is -0.493 e. The smallest absolute Gasteiger partial charge is 0.267 e. The zero-order valence-electron chi connectivity index (χ0n) is 14.7. The molecule has 27 heavy (non-hydrogen) atoms. The molecule has 0 spiro atoms. The van der Waals surface area contributed by atoms with Gasteiger partial charge in [-0.2, -0.15) is 0 Å². The minimum absolute atomic E-state index is 0.176. The van der Waals surface area contributed by atoms with E-state index in [4.69, 9.17) is 21.7 Å². The van der Waals surface area contributed by atoms with Gasteiger partial charge in [0.25, 0.3) is 5.91 Å². The van der Waals surface area contributed by atoms with Gasteiger partial charge in [-0.1, -0.05) is 41.7 Å². The van der Waals surface area contributed by atoms with Crippen molar-refractivity contribution in [2.75, 3.05) is 19.5 Å². The van der Waals surface area contributed by atoms with Crippen molar-refractivity contribution < 1.29 is 14.3 Å². The Kier molecular flexibility index (Phi) is 4.59. The number of nitrogens with zero attached hydrogens (tertiary/aromatic N) is 1. The molecule has 1 atom stereocenters. The molecule has 1 amide bonds. The number of nitrogens with one attached hydrogen (secondary N) is 2. The highest BCUT2D eigenvalue weighted by atomic mass is 32.1. The summed E-state index contributed by atoms with van der Waals surface area (Å²) in [6.07, 6.45) is -0.478. The largest absolute Gasteiger partial charge is 0.493 e. The lowest BCUT2D eigenvalue weighted by Crippen LogP contribution is -2.38. The second-order valence-electron chi connectivity index (χ2n) is 5.85. The van der Waals surface area contributed by atoms with Crippen molar-refractivity contribution in [2.45, 2.75) is 6.17 Å². The molecule has 0 aliphatic carbocycles. The zero-order chi connectivity index (χ0) is 19.0. The van der Waals surface area contributed by atoms with E-state index in [0.717, 1.165) is 11.3 Å². The third-order valence-electron chi connectivity index (χ3n) is 4.33. The summed E-state index contributed by atoms with van der Waals surface area (Å²) in [4.78, 5) is 13.3. The third-order valence-corrected chi connectivity index (χ3v) is 5.70. The van der Waals surface area contributed by atoms with E-state index in [-0.39, 0.29) is 5.91 Å². The normalized spacial score (nSPS) is 15.5. The number of para-hydroxylation sites is 2. The number of aromatic nitrogens is 1. The molecule has 0 saturated carbocycles. The third kappa shape index (κ3) is 2.96. The Morgan fingerprint density at radius 3 is 2.52 bits per heavy atom. The number of thiazole rings is 1. The van der Waals surface area contributed by atoms with Gasteiger partial charge in [0.2, 0.25) is 0 Å². The lowest BCUT2D eigenvalue weighted by atomic mass is 10.1. The standard InChI is InChI=1S/C19H17N3O3S2/c1-24-13-10-6-9-12(14(13)25-2)16-20-17-15(18(23)21-16)27-19(26)22(17)11-7-4-3-5-8-11/h3-10,16,20H,1-2H3,(H,21,23)/t16-/m0/s1. The molecule has 1 aromatic heterocycles. The maximum atomic E-state index is 12.7. The first-order valence-corrected chi connectivity index (χ1v) is 9.46. The van der Waals surface area contributed by atoms with Crippen molar-refractivity contribution in [1.29, 1.82) is 0 Å². The van der Waals surface area contributed by atoms with Crippen LogP contribution in [0.4, 0.5) is 5.82 Å². The highest BCUT2D eigenvalue weighted by molar-refractivity contribution is 7.73. The van der Waals surface area contributed by atoms with Crippen LogP contribution in [0.5, 0.6) is 11.5 Å². The first-order valence-electron chi connectivity index (χ1n) is 8.23. The number of hydrogen-bond acceptors (Lipinski definition) is 6. The quantitative estimate of drug-likeness (QED) is 0.646. The minimum atomic E-state index is -0.478. The van der Waals surface area contributed by atoms with Gasteiger partial charge in [-0.15, -0.1) is 0 Å². The summed E-state index contributed by atoms with van der Waals surface area (Å²) in [5.74, 6) is 1.67. The van der Waals surface area contributed by atoms with Crippen LogP contribution >= 0.6 is 23.6 Å². The van der Waals surface area contributed by atoms with Crippen LogP contribution in [-0.4, -0.2) is 24.7 Å². The van der Waals surface area contributed by atoms with Gasteiger partial charge in [0.1, 0.15) is 16.9 Å². The Morgan fingerprint density at radius 1 is 1.04 bits per heavy atom. The SMILES string of the molecule is COc1cccc([C@@H]2NC(=O)c3sc(=S)n(-c4ccccc4)c3N2)c1OC. The van der Waals surface area contributed by atoms with Gasteiger partial charge in [-0.05, 0) is 30.4 Å². The van der Waals surface area contributed by atoms with E-state index in [1.165, 1.54) is 11.3 Å². The fraction of sp³-hybridized carbons (Fsp3) is 0.158. The fourth-order valence-corrected chi connectivity index (χ4v) is 4.44. The molecule has 2 heterocycles. The number of anilines is 1. The van der Waals surface area contributed by atoms with Gasteiger partial charge in [0, 0.05) is 11.3 Å². The summed E-state index contributed by atoms with van der Waals surface area (Å²) in [6.45, 7) is 0. The molecule has 0 bridgehead atoms. The van der Waals surface area contributed by atoms with Crippen molar-refractivity contribution in [3.05, 3.63) is 62.9 Å². The van der Waals surface area contributed by atoms with Crippen LogP contribution in [0.3, 0.4) is 0 Å². The van der Waals surface area contributed by atoms with Crippen LogP contribution in [0.25, 0.3) is 5.69 Å². The van der Waals surface area contributed by atoms with Gasteiger partial charge >= 0.3 is 0 Å². The predicted octanol–water partition coefficient (Wildman–Crippen LogP) is 4.14.